The quantitative estimate of drug-likeness (QED) is 0.895. The number of ether oxygens (including phenoxy) is 1. The van der Waals surface area contributed by atoms with E-state index >= 15 is 0 Å². The molecule has 1 atom stereocenters. The largest absolute Gasteiger partial charge is 0.481 e. The van der Waals surface area contributed by atoms with Gasteiger partial charge in [-0.25, -0.2) is 17.2 Å². The number of nitrogens with zero attached hydrogens (tertiary/aromatic N) is 1. The van der Waals surface area contributed by atoms with Gasteiger partial charge in [0.1, 0.15) is 0 Å². The normalized spacial score (nSPS) is 24.3. The highest BCUT2D eigenvalue weighted by Gasteiger charge is 2.47. The van der Waals surface area contributed by atoms with Gasteiger partial charge in [-0.15, -0.1) is 0 Å². The number of aliphatic carboxylic acids is 1. The zero-order valence-electron chi connectivity index (χ0n) is 12.0. The summed E-state index contributed by atoms with van der Waals surface area (Å²) >= 11 is 0. The Bertz CT molecular complexity index is 750. The van der Waals surface area contributed by atoms with Crippen LogP contribution in [-0.4, -0.2) is 42.8 Å². The van der Waals surface area contributed by atoms with Gasteiger partial charge < -0.3 is 9.84 Å². The molecule has 0 aliphatic carbocycles. The molecule has 0 saturated carbocycles. The van der Waals surface area contributed by atoms with Gasteiger partial charge >= 0.3 is 5.97 Å². The lowest BCUT2D eigenvalue weighted by Gasteiger charge is -2.35. The predicted octanol–water partition coefficient (Wildman–Crippen LogP) is 1.45. The van der Waals surface area contributed by atoms with E-state index in [9.17, 15) is 22.0 Å². The summed E-state index contributed by atoms with van der Waals surface area (Å²) < 4.78 is 58.5. The van der Waals surface area contributed by atoms with Crippen LogP contribution in [0.4, 0.5) is 8.78 Å². The van der Waals surface area contributed by atoms with Crippen molar-refractivity contribution in [1.29, 1.82) is 0 Å². The van der Waals surface area contributed by atoms with E-state index in [4.69, 9.17) is 9.84 Å². The molecule has 1 N–H and O–H groups in total. The Kier molecular flexibility index (Phi) is 3.89. The first kappa shape index (κ1) is 16.3. The van der Waals surface area contributed by atoms with Crippen molar-refractivity contribution in [3.05, 3.63) is 29.3 Å². The van der Waals surface area contributed by atoms with Crippen LogP contribution in [0.5, 0.6) is 0 Å². The Morgan fingerprint density at radius 2 is 2.00 bits per heavy atom. The van der Waals surface area contributed by atoms with E-state index in [2.05, 4.69) is 0 Å². The van der Waals surface area contributed by atoms with Gasteiger partial charge in [0.05, 0.1) is 30.6 Å². The Morgan fingerprint density at radius 3 is 2.70 bits per heavy atom. The number of benzene rings is 1. The number of piperidine rings is 1. The number of hydrogen-bond donors (Lipinski definition) is 1. The van der Waals surface area contributed by atoms with Crippen LogP contribution in [0.3, 0.4) is 0 Å². The topological polar surface area (TPSA) is 83.9 Å². The molecule has 0 aromatic heterocycles. The van der Waals surface area contributed by atoms with Crippen molar-refractivity contribution in [1.82, 2.24) is 4.31 Å². The van der Waals surface area contributed by atoms with Crippen molar-refractivity contribution in [3.63, 3.8) is 0 Å². The minimum atomic E-state index is -4.19. The SMILES string of the molecule is O=C(O)C1CN(S(=O)(=O)c2ccc3c(c2)COC3)CC(F)(F)C1. The summed E-state index contributed by atoms with van der Waals surface area (Å²) in [6.45, 7) is -0.807. The fraction of sp³-hybridized carbons (Fsp3) is 0.500. The van der Waals surface area contributed by atoms with E-state index in [0.29, 0.717) is 16.5 Å². The van der Waals surface area contributed by atoms with E-state index in [1.807, 2.05) is 0 Å². The van der Waals surface area contributed by atoms with Gasteiger partial charge in [0.25, 0.3) is 5.92 Å². The first-order valence-electron chi connectivity index (χ1n) is 6.99. The Morgan fingerprint density at radius 1 is 1.30 bits per heavy atom. The summed E-state index contributed by atoms with van der Waals surface area (Å²) in [6.07, 6.45) is -0.855. The summed E-state index contributed by atoms with van der Waals surface area (Å²) in [6, 6.07) is 4.33. The Balaban J connectivity index is 1.93. The van der Waals surface area contributed by atoms with Crippen LogP contribution in [0.2, 0.25) is 0 Å². The molecule has 2 aliphatic heterocycles. The molecule has 9 heteroatoms. The van der Waals surface area contributed by atoms with Crippen LogP contribution >= 0.6 is 0 Å². The first-order chi connectivity index (χ1) is 10.7. The lowest BCUT2D eigenvalue weighted by Crippen LogP contribution is -2.51. The van der Waals surface area contributed by atoms with Crippen molar-refractivity contribution < 1.29 is 31.8 Å². The minimum absolute atomic E-state index is 0.122. The molecule has 3 rings (SSSR count). The molecule has 1 aromatic rings. The summed E-state index contributed by atoms with van der Waals surface area (Å²) in [5.41, 5.74) is 1.56. The molecule has 1 aromatic carbocycles. The molecule has 6 nitrogen and oxygen atoms in total. The van der Waals surface area contributed by atoms with E-state index in [0.717, 1.165) is 5.56 Å². The number of alkyl halides is 2. The minimum Gasteiger partial charge on any atom is -0.481 e. The molecule has 126 valence electrons. The van der Waals surface area contributed by atoms with Gasteiger partial charge in [0, 0.05) is 13.0 Å². The Hall–Kier alpha value is -1.58. The van der Waals surface area contributed by atoms with Crippen LogP contribution in [0.15, 0.2) is 23.1 Å². The zero-order chi connectivity index (χ0) is 16.8. The summed E-state index contributed by atoms with van der Waals surface area (Å²) in [5.74, 6) is -6.22. The third-order valence-corrected chi connectivity index (χ3v) is 5.86. The average Bonchev–Trinajstić information content (AvgIpc) is 2.92. The first-order valence-corrected chi connectivity index (χ1v) is 8.43. The van der Waals surface area contributed by atoms with Gasteiger partial charge in [0.15, 0.2) is 0 Å². The van der Waals surface area contributed by atoms with Crippen molar-refractivity contribution in [2.75, 3.05) is 13.1 Å². The standard InChI is InChI=1S/C14H15F2NO5S/c15-14(16)4-11(13(18)19)5-17(8-14)23(20,21)12-2-1-9-6-22-7-10(9)3-12/h1-3,11H,4-8H2,(H,18,19). The van der Waals surface area contributed by atoms with Crippen LogP contribution in [0, 0.1) is 5.92 Å². The Labute approximate surface area is 131 Å². The third kappa shape index (κ3) is 3.08. The molecule has 23 heavy (non-hydrogen) atoms. The van der Waals surface area contributed by atoms with Crippen LogP contribution in [0.25, 0.3) is 0 Å². The maximum Gasteiger partial charge on any atom is 0.308 e. The number of carbonyl (C=O) groups is 1. The van der Waals surface area contributed by atoms with Gasteiger partial charge in [-0.3, -0.25) is 4.79 Å². The lowest BCUT2D eigenvalue weighted by atomic mass is 9.97. The van der Waals surface area contributed by atoms with Crippen molar-refractivity contribution >= 4 is 16.0 Å². The number of halogens is 2. The molecule has 0 radical (unpaired) electrons. The van der Waals surface area contributed by atoms with E-state index < -0.39 is 47.3 Å². The molecule has 1 saturated heterocycles. The molecule has 0 spiro atoms. The monoisotopic (exact) mass is 347 g/mol. The highest BCUT2D eigenvalue weighted by molar-refractivity contribution is 7.89. The predicted molar refractivity (Wildman–Crippen MR) is 74.4 cm³/mol. The molecule has 1 unspecified atom stereocenters. The third-order valence-electron chi connectivity index (χ3n) is 4.06. The van der Waals surface area contributed by atoms with E-state index in [1.165, 1.54) is 12.1 Å². The molecular weight excluding hydrogens is 332 g/mol. The molecule has 0 bridgehead atoms. The number of carboxylic acids is 1. The summed E-state index contributed by atoms with van der Waals surface area (Å²) in [7, 11) is -4.19. The van der Waals surface area contributed by atoms with Gasteiger partial charge in [-0.2, -0.15) is 4.31 Å². The van der Waals surface area contributed by atoms with Gasteiger partial charge in [-0.1, -0.05) is 6.07 Å². The van der Waals surface area contributed by atoms with E-state index in [1.54, 1.807) is 6.07 Å². The fourth-order valence-electron chi connectivity index (χ4n) is 2.86. The second kappa shape index (κ2) is 5.50. The number of fused-ring (bicyclic) bond motifs is 1. The molecule has 0 amide bonds. The van der Waals surface area contributed by atoms with Crippen molar-refractivity contribution in [3.8, 4) is 0 Å². The van der Waals surface area contributed by atoms with Crippen molar-refractivity contribution in [2.45, 2.75) is 30.5 Å². The highest BCUT2D eigenvalue weighted by atomic mass is 32.2. The maximum atomic E-state index is 13.7. The zero-order valence-corrected chi connectivity index (χ0v) is 12.9. The molecular formula is C14H15F2NO5S. The highest BCUT2D eigenvalue weighted by Crippen LogP contribution is 2.34. The number of rotatable bonds is 3. The lowest BCUT2D eigenvalue weighted by molar-refractivity contribution is -0.150. The average molecular weight is 347 g/mol. The number of carboxylic acid groups (broad SMARTS) is 1. The van der Waals surface area contributed by atoms with Crippen LogP contribution < -0.4 is 0 Å². The van der Waals surface area contributed by atoms with E-state index in [-0.39, 0.29) is 11.5 Å². The fourth-order valence-corrected chi connectivity index (χ4v) is 4.43. The molecule has 2 aliphatic rings. The smallest absolute Gasteiger partial charge is 0.308 e. The maximum absolute atomic E-state index is 13.7. The van der Waals surface area contributed by atoms with Crippen LogP contribution in [0.1, 0.15) is 17.5 Å². The molecule has 1 fully saturated rings. The van der Waals surface area contributed by atoms with Crippen molar-refractivity contribution in [2.24, 2.45) is 5.92 Å². The summed E-state index contributed by atoms with van der Waals surface area (Å²) in [5, 5.41) is 8.98. The second-order valence-corrected chi connectivity index (χ2v) is 7.75. The van der Waals surface area contributed by atoms with Crippen LogP contribution in [-0.2, 0) is 32.8 Å². The van der Waals surface area contributed by atoms with Gasteiger partial charge in [0.2, 0.25) is 10.0 Å². The number of hydrogen-bond acceptors (Lipinski definition) is 4. The number of sulfonamides is 1. The second-order valence-electron chi connectivity index (χ2n) is 5.82. The molecule has 2 heterocycles. The van der Waals surface area contributed by atoms with Gasteiger partial charge in [-0.05, 0) is 23.3 Å². The summed E-state index contributed by atoms with van der Waals surface area (Å²) in [4.78, 5) is 10.9.